The topological polar surface area (TPSA) is 75.4 Å². The van der Waals surface area contributed by atoms with Crippen molar-refractivity contribution < 1.29 is 14.1 Å². The van der Waals surface area contributed by atoms with Gasteiger partial charge in [-0.1, -0.05) is 28.9 Å². The number of aryl methyl sites for hydroxylation is 1. The van der Waals surface area contributed by atoms with Gasteiger partial charge in [0.15, 0.2) is 5.82 Å². The minimum absolute atomic E-state index is 0.0572. The quantitative estimate of drug-likeness (QED) is 0.916. The van der Waals surface area contributed by atoms with Crippen LogP contribution in [0.3, 0.4) is 0 Å². The summed E-state index contributed by atoms with van der Waals surface area (Å²) in [5, 5.41) is 6.84. The fourth-order valence-corrected chi connectivity index (χ4v) is 1.95. The Bertz CT molecular complexity index is 667. The van der Waals surface area contributed by atoms with Gasteiger partial charge in [0.2, 0.25) is 11.8 Å². The predicted molar refractivity (Wildman–Crippen MR) is 82.7 cm³/mol. The predicted octanol–water partition coefficient (Wildman–Crippen LogP) is 2.28. The van der Waals surface area contributed by atoms with Crippen LogP contribution in [0.25, 0.3) is 0 Å². The minimum Gasteiger partial charge on any atom is -0.360 e. The Kier molecular flexibility index (Phi) is 5.16. The molecule has 2 rings (SSSR count). The lowest BCUT2D eigenvalue weighted by atomic mass is 10.1. The van der Waals surface area contributed by atoms with Crippen molar-refractivity contribution >= 4 is 29.2 Å². The van der Waals surface area contributed by atoms with Gasteiger partial charge in [-0.05, 0) is 24.6 Å². The lowest BCUT2D eigenvalue weighted by Gasteiger charge is -2.16. The van der Waals surface area contributed by atoms with E-state index >= 15 is 0 Å². The molecule has 1 aromatic carbocycles. The molecule has 0 aliphatic carbocycles. The number of amides is 2. The molecule has 0 fully saturated rings. The summed E-state index contributed by atoms with van der Waals surface area (Å²) in [5.41, 5.74) is 0.841. The maximum absolute atomic E-state index is 12.1. The molecule has 0 bridgehead atoms. The smallest absolute Gasteiger partial charge is 0.245 e. The first-order valence-corrected chi connectivity index (χ1v) is 7.03. The fourth-order valence-electron chi connectivity index (χ4n) is 1.82. The van der Waals surface area contributed by atoms with E-state index in [1.54, 1.807) is 44.3 Å². The van der Waals surface area contributed by atoms with Gasteiger partial charge in [-0.15, -0.1) is 0 Å². The van der Waals surface area contributed by atoms with Crippen molar-refractivity contribution in [1.29, 1.82) is 0 Å². The molecule has 0 atom stereocenters. The zero-order valence-electron chi connectivity index (χ0n) is 12.3. The number of hydrogen-bond donors (Lipinski definition) is 1. The molecule has 0 unspecified atom stereocenters. The molecule has 7 heteroatoms. The van der Waals surface area contributed by atoms with Gasteiger partial charge >= 0.3 is 0 Å². The largest absolute Gasteiger partial charge is 0.360 e. The van der Waals surface area contributed by atoms with Crippen molar-refractivity contribution in [2.45, 2.75) is 13.3 Å². The zero-order valence-corrected chi connectivity index (χ0v) is 13.1. The van der Waals surface area contributed by atoms with Crippen molar-refractivity contribution in [3.63, 3.8) is 0 Å². The van der Waals surface area contributed by atoms with Crippen LogP contribution in [0.5, 0.6) is 0 Å². The Morgan fingerprint density at radius 1 is 1.32 bits per heavy atom. The number of aromatic nitrogens is 1. The van der Waals surface area contributed by atoms with E-state index in [-0.39, 0.29) is 24.8 Å². The SMILES string of the molecule is Cc1cc(NC(=O)CN(C)C(=O)Cc2ccc(Cl)cc2)no1. The number of carbonyl (C=O) groups is 2. The molecule has 6 nitrogen and oxygen atoms in total. The highest BCUT2D eigenvalue weighted by Crippen LogP contribution is 2.11. The third kappa shape index (κ3) is 4.60. The van der Waals surface area contributed by atoms with Crippen LogP contribution in [0.15, 0.2) is 34.9 Å². The van der Waals surface area contributed by atoms with Crippen LogP contribution in [0.1, 0.15) is 11.3 Å². The first kappa shape index (κ1) is 16.0. The van der Waals surface area contributed by atoms with E-state index in [1.165, 1.54) is 4.90 Å². The molecule has 22 heavy (non-hydrogen) atoms. The van der Waals surface area contributed by atoms with E-state index in [1.807, 2.05) is 0 Å². The third-order valence-corrected chi connectivity index (χ3v) is 3.22. The number of rotatable bonds is 5. The van der Waals surface area contributed by atoms with Crippen LogP contribution in [-0.4, -0.2) is 35.5 Å². The molecule has 1 aromatic heterocycles. The molecular formula is C15H16ClN3O3. The molecule has 0 aliphatic rings. The van der Waals surface area contributed by atoms with Gasteiger partial charge in [0.05, 0.1) is 13.0 Å². The first-order valence-electron chi connectivity index (χ1n) is 6.65. The van der Waals surface area contributed by atoms with Crippen molar-refractivity contribution in [3.8, 4) is 0 Å². The van der Waals surface area contributed by atoms with Crippen LogP contribution < -0.4 is 5.32 Å². The number of likely N-dealkylation sites (N-methyl/N-ethyl adjacent to an activating group) is 1. The van der Waals surface area contributed by atoms with Gasteiger partial charge in [-0.2, -0.15) is 0 Å². The highest BCUT2D eigenvalue weighted by molar-refractivity contribution is 6.30. The fraction of sp³-hybridized carbons (Fsp3) is 0.267. The number of benzene rings is 1. The minimum atomic E-state index is -0.333. The molecule has 1 heterocycles. The molecule has 2 aromatic rings. The van der Waals surface area contributed by atoms with Crippen LogP contribution in [-0.2, 0) is 16.0 Å². The molecule has 0 aliphatic heterocycles. The number of hydrogen-bond acceptors (Lipinski definition) is 4. The maximum atomic E-state index is 12.1. The molecule has 2 amide bonds. The summed E-state index contributed by atoms with van der Waals surface area (Å²) in [6, 6.07) is 8.62. The summed E-state index contributed by atoms with van der Waals surface area (Å²) in [6.45, 7) is 1.67. The molecule has 0 spiro atoms. The number of carbonyl (C=O) groups excluding carboxylic acids is 2. The van der Waals surface area contributed by atoms with Gasteiger partial charge in [0.1, 0.15) is 5.76 Å². The van der Waals surface area contributed by atoms with Gasteiger partial charge in [0, 0.05) is 18.1 Å². The highest BCUT2D eigenvalue weighted by atomic mass is 35.5. The van der Waals surface area contributed by atoms with Crippen molar-refractivity contribution in [2.75, 3.05) is 18.9 Å². The van der Waals surface area contributed by atoms with Crippen molar-refractivity contribution in [1.82, 2.24) is 10.1 Å². The van der Waals surface area contributed by atoms with E-state index in [2.05, 4.69) is 10.5 Å². The number of nitrogens with one attached hydrogen (secondary N) is 1. The second kappa shape index (κ2) is 7.09. The van der Waals surface area contributed by atoms with Crippen LogP contribution in [0, 0.1) is 6.92 Å². The summed E-state index contributed by atoms with van der Waals surface area (Å²) in [5.74, 6) is 0.442. The summed E-state index contributed by atoms with van der Waals surface area (Å²) in [6.07, 6.45) is 0.212. The number of nitrogens with zero attached hydrogens (tertiary/aromatic N) is 2. The van der Waals surface area contributed by atoms with E-state index in [0.29, 0.717) is 16.6 Å². The zero-order chi connectivity index (χ0) is 16.1. The first-order chi connectivity index (χ1) is 10.4. The van der Waals surface area contributed by atoms with Gasteiger partial charge in [-0.3, -0.25) is 9.59 Å². The lowest BCUT2D eigenvalue weighted by molar-refractivity contribution is -0.132. The Hall–Kier alpha value is -2.34. The normalized spacial score (nSPS) is 10.3. The molecule has 0 saturated heterocycles. The Balaban J connectivity index is 1.85. The molecular weight excluding hydrogens is 306 g/mol. The molecule has 116 valence electrons. The van der Waals surface area contributed by atoms with Crippen LogP contribution >= 0.6 is 11.6 Å². The average molecular weight is 322 g/mol. The Morgan fingerprint density at radius 3 is 2.59 bits per heavy atom. The van der Waals surface area contributed by atoms with E-state index < -0.39 is 0 Å². The second-order valence-electron chi connectivity index (χ2n) is 4.92. The van der Waals surface area contributed by atoms with Crippen LogP contribution in [0.4, 0.5) is 5.82 Å². The van der Waals surface area contributed by atoms with Gasteiger partial charge in [0.25, 0.3) is 0 Å². The van der Waals surface area contributed by atoms with Gasteiger partial charge < -0.3 is 14.7 Å². The standard InChI is InChI=1S/C15H16ClN3O3/c1-10-7-13(18-22-10)17-14(20)9-19(2)15(21)8-11-3-5-12(16)6-4-11/h3-7H,8-9H2,1-2H3,(H,17,18,20). The summed E-state index contributed by atoms with van der Waals surface area (Å²) >= 11 is 5.80. The summed E-state index contributed by atoms with van der Waals surface area (Å²) in [4.78, 5) is 25.3. The van der Waals surface area contributed by atoms with Crippen molar-refractivity contribution in [2.24, 2.45) is 0 Å². The molecule has 0 saturated carbocycles. The van der Waals surface area contributed by atoms with Gasteiger partial charge in [-0.25, -0.2) is 0 Å². The lowest BCUT2D eigenvalue weighted by Crippen LogP contribution is -2.35. The Labute approximate surface area is 133 Å². The highest BCUT2D eigenvalue weighted by Gasteiger charge is 2.14. The summed E-state index contributed by atoms with van der Waals surface area (Å²) in [7, 11) is 1.58. The summed E-state index contributed by atoms with van der Waals surface area (Å²) < 4.78 is 4.85. The second-order valence-corrected chi connectivity index (χ2v) is 5.36. The average Bonchev–Trinajstić information content (AvgIpc) is 2.86. The number of halogens is 1. The Morgan fingerprint density at radius 2 is 2.00 bits per heavy atom. The van der Waals surface area contributed by atoms with E-state index in [9.17, 15) is 9.59 Å². The van der Waals surface area contributed by atoms with E-state index in [4.69, 9.17) is 16.1 Å². The number of anilines is 1. The monoisotopic (exact) mass is 321 g/mol. The van der Waals surface area contributed by atoms with E-state index in [0.717, 1.165) is 5.56 Å². The maximum Gasteiger partial charge on any atom is 0.245 e. The molecule has 1 N–H and O–H groups in total. The van der Waals surface area contributed by atoms with Crippen molar-refractivity contribution in [3.05, 3.63) is 46.7 Å². The third-order valence-electron chi connectivity index (χ3n) is 2.97. The van der Waals surface area contributed by atoms with Crippen LogP contribution in [0.2, 0.25) is 5.02 Å². The molecule has 0 radical (unpaired) electrons.